The summed E-state index contributed by atoms with van der Waals surface area (Å²) in [6, 6.07) is 0. The second-order valence-electron chi connectivity index (χ2n) is 1.68. The Bertz CT molecular complexity index is 157. The van der Waals surface area contributed by atoms with E-state index in [1.807, 2.05) is 0 Å². The Hall–Kier alpha value is -1.43. The SMILES string of the molecule is NC1=CN(COC=O)NN1. The van der Waals surface area contributed by atoms with E-state index in [9.17, 15) is 4.79 Å². The molecule has 0 aliphatic carbocycles. The highest BCUT2D eigenvalue weighted by atomic mass is 16.5. The zero-order chi connectivity index (χ0) is 7.40. The van der Waals surface area contributed by atoms with Crippen LogP contribution in [0.15, 0.2) is 12.0 Å². The zero-order valence-electron chi connectivity index (χ0n) is 5.20. The molecule has 0 saturated heterocycles. The number of carbonyl (C=O) groups excluding carboxylic acids is 1. The largest absolute Gasteiger partial charge is 0.445 e. The minimum Gasteiger partial charge on any atom is -0.445 e. The third-order valence-corrected chi connectivity index (χ3v) is 0.920. The van der Waals surface area contributed by atoms with Crippen molar-refractivity contribution >= 4 is 6.47 Å². The van der Waals surface area contributed by atoms with E-state index in [2.05, 4.69) is 15.7 Å². The molecule has 6 nitrogen and oxygen atoms in total. The van der Waals surface area contributed by atoms with Gasteiger partial charge in [0, 0.05) is 0 Å². The zero-order valence-corrected chi connectivity index (χ0v) is 5.20. The van der Waals surface area contributed by atoms with Gasteiger partial charge in [0.05, 0.1) is 6.20 Å². The Morgan fingerprint density at radius 1 is 1.90 bits per heavy atom. The van der Waals surface area contributed by atoms with Crippen molar-refractivity contribution in [1.82, 2.24) is 16.0 Å². The summed E-state index contributed by atoms with van der Waals surface area (Å²) in [5, 5.41) is 1.49. The van der Waals surface area contributed by atoms with Crippen molar-refractivity contribution in [3.63, 3.8) is 0 Å². The molecule has 56 valence electrons. The van der Waals surface area contributed by atoms with Crippen molar-refractivity contribution in [2.75, 3.05) is 6.73 Å². The van der Waals surface area contributed by atoms with Gasteiger partial charge in [-0.1, -0.05) is 0 Å². The van der Waals surface area contributed by atoms with Crippen LogP contribution in [0.3, 0.4) is 0 Å². The summed E-state index contributed by atoms with van der Waals surface area (Å²) in [6.07, 6.45) is 1.57. The maximum atomic E-state index is 9.69. The van der Waals surface area contributed by atoms with E-state index < -0.39 is 0 Å². The molecule has 6 heteroatoms. The fourth-order valence-corrected chi connectivity index (χ4v) is 0.549. The Morgan fingerprint density at radius 2 is 2.70 bits per heavy atom. The molecule has 10 heavy (non-hydrogen) atoms. The van der Waals surface area contributed by atoms with Crippen LogP contribution in [0.4, 0.5) is 0 Å². The monoisotopic (exact) mass is 144 g/mol. The number of nitrogens with zero attached hydrogens (tertiary/aromatic N) is 1. The predicted octanol–water partition coefficient (Wildman–Crippen LogP) is -1.80. The second-order valence-corrected chi connectivity index (χ2v) is 1.68. The molecule has 0 aromatic heterocycles. The van der Waals surface area contributed by atoms with Crippen molar-refractivity contribution < 1.29 is 9.53 Å². The maximum absolute atomic E-state index is 9.69. The van der Waals surface area contributed by atoms with E-state index >= 15 is 0 Å². The third kappa shape index (κ3) is 1.52. The van der Waals surface area contributed by atoms with E-state index in [1.54, 1.807) is 6.20 Å². The first-order chi connectivity index (χ1) is 4.83. The number of rotatable bonds is 3. The highest BCUT2D eigenvalue weighted by molar-refractivity contribution is 5.36. The number of nitrogens with two attached hydrogens (primary N) is 1. The van der Waals surface area contributed by atoms with Gasteiger partial charge in [-0.2, -0.15) is 0 Å². The van der Waals surface area contributed by atoms with Crippen molar-refractivity contribution in [2.45, 2.75) is 0 Å². The summed E-state index contributed by atoms with van der Waals surface area (Å²) in [6.45, 7) is 0.501. The number of hydrazine groups is 2. The Kier molecular flexibility index (Phi) is 1.96. The number of ether oxygens (including phenoxy) is 1. The summed E-state index contributed by atoms with van der Waals surface area (Å²) in [5.41, 5.74) is 10.5. The van der Waals surface area contributed by atoms with Gasteiger partial charge in [0.25, 0.3) is 6.47 Å². The minimum absolute atomic E-state index is 0.136. The van der Waals surface area contributed by atoms with Gasteiger partial charge >= 0.3 is 0 Å². The van der Waals surface area contributed by atoms with Gasteiger partial charge in [0.2, 0.25) is 0 Å². The fraction of sp³-hybridized carbons (Fsp3) is 0.250. The van der Waals surface area contributed by atoms with Crippen molar-refractivity contribution in [1.29, 1.82) is 0 Å². The van der Waals surface area contributed by atoms with Crippen molar-refractivity contribution in [2.24, 2.45) is 5.73 Å². The molecule has 1 aliphatic rings. The summed E-state index contributed by atoms with van der Waals surface area (Å²) >= 11 is 0. The smallest absolute Gasteiger partial charge is 0.294 e. The Labute approximate surface area is 57.6 Å². The van der Waals surface area contributed by atoms with Crippen molar-refractivity contribution in [3.8, 4) is 0 Å². The van der Waals surface area contributed by atoms with E-state index in [0.29, 0.717) is 12.3 Å². The Balaban J connectivity index is 2.24. The number of nitrogens with one attached hydrogen (secondary N) is 2. The van der Waals surface area contributed by atoms with E-state index in [0.717, 1.165) is 0 Å². The number of hydrogen-bond acceptors (Lipinski definition) is 6. The molecule has 1 aliphatic heterocycles. The molecule has 1 rings (SSSR count). The summed E-state index contributed by atoms with van der Waals surface area (Å²) < 4.78 is 4.41. The molecule has 0 aromatic rings. The molecular weight excluding hydrogens is 136 g/mol. The van der Waals surface area contributed by atoms with Gasteiger partial charge < -0.3 is 10.5 Å². The molecule has 0 radical (unpaired) electrons. The van der Waals surface area contributed by atoms with Gasteiger partial charge in [-0.05, 0) is 0 Å². The lowest BCUT2D eigenvalue weighted by Crippen LogP contribution is -2.38. The number of carbonyl (C=O) groups is 1. The first-order valence-electron chi connectivity index (χ1n) is 2.64. The summed E-state index contributed by atoms with van der Waals surface area (Å²) in [5.74, 6) is 0.481. The summed E-state index contributed by atoms with van der Waals surface area (Å²) in [4.78, 5) is 9.69. The third-order valence-electron chi connectivity index (χ3n) is 0.920. The lowest BCUT2D eigenvalue weighted by atomic mass is 10.8. The van der Waals surface area contributed by atoms with Crippen LogP contribution in [0.25, 0.3) is 0 Å². The normalized spacial score (nSPS) is 16.0. The van der Waals surface area contributed by atoms with Crippen LogP contribution < -0.4 is 16.7 Å². The lowest BCUT2D eigenvalue weighted by molar-refractivity contribution is -0.133. The first kappa shape index (κ1) is 6.69. The maximum Gasteiger partial charge on any atom is 0.294 e. The van der Waals surface area contributed by atoms with E-state index in [4.69, 9.17) is 5.73 Å². The number of hydrogen-bond donors (Lipinski definition) is 3. The topological polar surface area (TPSA) is 79.6 Å². The van der Waals surface area contributed by atoms with Crippen LogP contribution in [-0.4, -0.2) is 18.2 Å². The van der Waals surface area contributed by atoms with E-state index in [1.165, 1.54) is 5.01 Å². The molecule has 0 unspecified atom stereocenters. The quantitative estimate of drug-likeness (QED) is 0.405. The second kappa shape index (κ2) is 2.92. The van der Waals surface area contributed by atoms with Gasteiger partial charge in [0.1, 0.15) is 5.82 Å². The Morgan fingerprint density at radius 3 is 3.20 bits per heavy atom. The van der Waals surface area contributed by atoms with Gasteiger partial charge in [-0.3, -0.25) is 15.2 Å². The predicted molar refractivity (Wildman–Crippen MR) is 32.4 cm³/mol. The van der Waals surface area contributed by atoms with Crippen LogP contribution in [0.1, 0.15) is 0 Å². The van der Waals surface area contributed by atoms with Crippen LogP contribution >= 0.6 is 0 Å². The molecule has 0 atom stereocenters. The van der Waals surface area contributed by atoms with Gasteiger partial charge in [-0.25, -0.2) is 0 Å². The van der Waals surface area contributed by atoms with E-state index in [-0.39, 0.29) is 6.73 Å². The highest BCUT2D eigenvalue weighted by Crippen LogP contribution is 1.91. The molecule has 0 amide bonds. The van der Waals surface area contributed by atoms with Crippen LogP contribution in [0, 0.1) is 0 Å². The van der Waals surface area contributed by atoms with Crippen LogP contribution in [0.5, 0.6) is 0 Å². The van der Waals surface area contributed by atoms with Crippen LogP contribution in [-0.2, 0) is 9.53 Å². The molecule has 1 heterocycles. The standard InChI is InChI=1S/C4H8N4O2/c5-4-1-8(7-6-4)2-10-3-9/h1,3,6-7H,2,5H2. The average Bonchev–Trinajstić information content (AvgIpc) is 2.31. The molecular formula is C4H8N4O2. The van der Waals surface area contributed by atoms with Crippen LogP contribution in [0.2, 0.25) is 0 Å². The van der Waals surface area contributed by atoms with Gasteiger partial charge in [-0.15, -0.1) is 5.53 Å². The average molecular weight is 144 g/mol. The molecule has 0 saturated carbocycles. The molecule has 4 N–H and O–H groups in total. The first-order valence-corrected chi connectivity index (χ1v) is 2.64. The summed E-state index contributed by atoms with van der Waals surface area (Å²) in [7, 11) is 0. The van der Waals surface area contributed by atoms with Gasteiger partial charge in [0.15, 0.2) is 6.73 Å². The highest BCUT2D eigenvalue weighted by Gasteiger charge is 2.06. The minimum atomic E-state index is 0.136. The molecule has 0 fully saturated rings. The molecule has 0 spiro atoms. The lowest BCUT2D eigenvalue weighted by Gasteiger charge is -2.11. The molecule has 0 bridgehead atoms. The fourth-order valence-electron chi connectivity index (χ4n) is 0.549. The van der Waals surface area contributed by atoms with Crippen molar-refractivity contribution in [3.05, 3.63) is 12.0 Å². The molecule has 0 aromatic carbocycles.